The van der Waals surface area contributed by atoms with E-state index < -0.39 is 0 Å². The standard InChI is InChI=1S/C11H18BrNS/c1-2-3-7-13(8-6-12)10-11-5-4-9-14-11/h4-5,9H,2-3,6-8,10H2,1H3. The molecule has 1 aromatic rings. The summed E-state index contributed by atoms with van der Waals surface area (Å²) >= 11 is 5.36. The molecule has 14 heavy (non-hydrogen) atoms. The van der Waals surface area contributed by atoms with Crippen molar-refractivity contribution in [2.24, 2.45) is 0 Å². The maximum absolute atomic E-state index is 3.51. The molecule has 0 unspecified atom stereocenters. The van der Waals surface area contributed by atoms with E-state index in [4.69, 9.17) is 0 Å². The van der Waals surface area contributed by atoms with Gasteiger partial charge in [0.15, 0.2) is 0 Å². The van der Waals surface area contributed by atoms with Crippen LogP contribution in [0.5, 0.6) is 0 Å². The highest BCUT2D eigenvalue weighted by molar-refractivity contribution is 9.09. The molecule has 0 aromatic carbocycles. The topological polar surface area (TPSA) is 3.24 Å². The van der Waals surface area contributed by atoms with E-state index in [1.165, 1.54) is 24.3 Å². The largest absolute Gasteiger partial charge is 0.297 e. The molecule has 1 aromatic heterocycles. The highest BCUT2D eigenvalue weighted by atomic mass is 79.9. The second kappa shape index (κ2) is 7.43. The van der Waals surface area contributed by atoms with E-state index in [-0.39, 0.29) is 0 Å². The van der Waals surface area contributed by atoms with Gasteiger partial charge in [-0.25, -0.2) is 0 Å². The molecule has 0 saturated heterocycles. The molecule has 0 bridgehead atoms. The van der Waals surface area contributed by atoms with Gasteiger partial charge in [-0.2, -0.15) is 0 Å². The number of hydrogen-bond acceptors (Lipinski definition) is 2. The minimum absolute atomic E-state index is 1.07. The van der Waals surface area contributed by atoms with E-state index in [1.807, 2.05) is 11.3 Å². The Morgan fingerprint density at radius 1 is 1.43 bits per heavy atom. The predicted molar refractivity (Wildman–Crippen MR) is 68.3 cm³/mol. The summed E-state index contributed by atoms with van der Waals surface area (Å²) in [5, 5.41) is 3.23. The molecule has 0 amide bonds. The molecule has 0 radical (unpaired) electrons. The Morgan fingerprint density at radius 3 is 2.86 bits per heavy atom. The Hall–Kier alpha value is 0.140. The Balaban J connectivity index is 2.34. The van der Waals surface area contributed by atoms with Gasteiger partial charge in [-0.15, -0.1) is 11.3 Å². The third-order valence-corrected chi connectivity index (χ3v) is 3.40. The molecule has 0 saturated carbocycles. The van der Waals surface area contributed by atoms with E-state index in [0.717, 1.165) is 18.4 Å². The van der Waals surface area contributed by atoms with Crippen LogP contribution in [-0.2, 0) is 6.54 Å². The van der Waals surface area contributed by atoms with Crippen LogP contribution in [0.3, 0.4) is 0 Å². The highest BCUT2D eigenvalue weighted by Gasteiger charge is 2.04. The predicted octanol–water partition coefficient (Wildman–Crippen LogP) is 3.75. The number of rotatable bonds is 7. The van der Waals surface area contributed by atoms with Crippen LogP contribution in [0.15, 0.2) is 17.5 Å². The van der Waals surface area contributed by atoms with E-state index in [9.17, 15) is 0 Å². The summed E-state index contributed by atoms with van der Waals surface area (Å²) in [6, 6.07) is 4.35. The first-order valence-corrected chi connectivity index (χ1v) is 7.17. The van der Waals surface area contributed by atoms with Gasteiger partial charge < -0.3 is 0 Å². The van der Waals surface area contributed by atoms with Crippen molar-refractivity contribution in [2.75, 3.05) is 18.4 Å². The average Bonchev–Trinajstić information content (AvgIpc) is 2.67. The summed E-state index contributed by atoms with van der Waals surface area (Å²) in [7, 11) is 0. The number of alkyl halides is 1. The first-order valence-electron chi connectivity index (χ1n) is 5.17. The zero-order chi connectivity index (χ0) is 10.2. The van der Waals surface area contributed by atoms with E-state index in [1.54, 1.807) is 0 Å². The molecule has 1 rings (SSSR count). The maximum Gasteiger partial charge on any atom is 0.0328 e. The van der Waals surface area contributed by atoms with Gasteiger partial charge in [0.2, 0.25) is 0 Å². The van der Waals surface area contributed by atoms with Gasteiger partial charge in [0.25, 0.3) is 0 Å². The zero-order valence-corrected chi connectivity index (χ0v) is 11.1. The fraction of sp³-hybridized carbons (Fsp3) is 0.636. The monoisotopic (exact) mass is 275 g/mol. The van der Waals surface area contributed by atoms with Crippen molar-refractivity contribution in [1.82, 2.24) is 4.90 Å². The average molecular weight is 276 g/mol. The smallest absolute Gasteiger partial charge is 0.0328 e. The summed E-state index contributed by atoms with van der Waals surface area (Å²) in [6.07, 6.45) is 2.58. The van der Waals surface area contributed by atoms with Gasteiger partial charge in [0, 0.05) is 23.3 Å². The minimum atomic E-state index is 1.07. The highest BCUT2D eigenvalue weighted by Crippen LogP contribution is 2.12. The van der Waals surface area contributed by atoms with Gasteiger partial charge in [0.05, 0.1) is 0 Å². The van der Waals surface area contributed by atoms with E-state index >= 15 is 0 Å². The molecule has 3 heteroatoms. The van der Waals surface area contributed by atoms with Crippen LogP contribution in [0.1, 0.15) is 24.6 Å². The van der Waals surface area contributed by atoms with Crippen molar-refractivity contribution in [3.8, 4) is 0 Å². The van der Waals surface area contributed by atoms with Crippen molar-refractivity contribution in [1.29, 1.82) is 0 Å². The SMILES string of the molecule is CCCCN(CCBr)Cc1cccs1. The van der Waals surface area contributed by atoms with Crippen LogP contribution in [0, 0.1) is 0 Å². The van der Waals surface area contributed by atoms with Crippen molar-refractivity contribution >= 4 is 27.3 Å². The third-order valence-electron chi connectivity index (χ3n) is 2.19. The molecule has 0 spiro atoms. The lowest BCUT2D eigenvalue weighted by Gasteiger charge is -2.19. The van der Waals surface area contributed by atoms with Crippen molar-refractivity contribution in [3.63, 3.8) is 0 Å². The minimum Gasteiger partial charge on any atom is -0.297 e. The summed E-state index contributed by atoms with van der Waals surface area (Å²) in [5.74, 6) is 0. The number of nitrogens with zero attached hydrogens (tertiary/aromatic N) is 1. The Labute approximate surface area is 99.3 Å². The van der Waals surface area contributed by atoms with Crippen molar-refractivity contribution < 1.29 is 0 Å². The molecule has 0 aliphatic rings. The summed E-state index contributed by atoms with van der Waals surface area (Å²) in [4.78, 5) is 3.99. The Kier molecular flexibility index (Phi) is 6.48. The molecule has 0 fully saturated rings. The molecule has 0 N–H and O–H groups in total. The van der Waals surface area contributed by atoms with Gasteiger partial charge in [-0.05, 0) is 24.4 Å². The first-order chi connectivity index (χ1) is 6.86. The number of unbranched alkanes of at least 4 members (excludes halogenated alkanes) is 1. The molecule has 1 heterocycles. The first kappa shape index (κ1) is 12.2. The van der Waals surface area contributed by atoms with Crippen molar-refractivity contribution in [2.45, 2.75) is 26.3 Å². The number of thiophene rings is 1. The molecule has 0 aliphatic heterocycles. The van der Waals surface area contributed by atoms with E-state index in [2.05, 4.69) is 45.3 Å². The fourth-order valence-electron chi connectivity index (χ4n) is 1.39. The van der Waals surface area contributed by atoms with Crippen LogP contribution in [0.2, 0.25) is 0 Å². The lowest BCUT2D eigenvalue weighted by Crippen LogP contribution is -2.25. The van der Waals surface area contributed by atoms with Crippen LogP contribution in [0.4, 0.5) is 0 Å². The summed E-state index contributed by atoms with van der Waals surface area (Å²) in [6.45, 7) is 5.73. The fourth-order valence-corrected chi connectivity index (χ4v) is 2.64. The summed E-state index contributed by atoms with van der Waals surface area (Å²) < 4.78 is 0. The molecular formula is C11H18BrNS. The zero-order valence-electron chi connectivity index (χ0n) is 8.71. The maximum atomic E-state index is 3.51. The second-order valence-corrected chi connectivity index (χ2v) is 5.22. The van der Waals surface area contributed by atoms with E-state index in [0.29, 0.717) is 0 Å². The Morgan fingerprint density at radius 2 is 2.29 bits per heavy atom. The normalized spacial score (nSPS) is 11.1. The van der Waals surface area contributed by atoms with Crippen LogP contribution in [0.25, 0.3) is 0 Å². The van der Waals surface area contributed by atoms with Crippen molar-refractivity contribution in [3.05, 3.63) is 22.4 Å². The number of halogens is 1. The lowest BCUT2D eigenvalue weighted by atomic mass is 10.3. The van der Waals surface area contributed by atoms with Gasteiger partial charge in [-0.3, -0.25) is 4.90 Å². The van der Waals surface area contributed by atoms with Crippen LogP contribution >= 0.6 is 27.3 Å². The molecule has 0 atom stereocenters. The molecule has 0 aliphatic carbocycles. The quantitative estimate of drug-likeness (QED) is 0.686. The Bertz CT molecular complexity index is 223. The van der Waals surface area contributed by atoms with Crippen LogP contribution in [-0.4, -0.2) is 23.3 Å². The van der Waals surface area contributed by atoms with Gasteiger partial charge in [0.1, 0.15) is 0 Å². The molecular weight excluding hydrogens is 258 g/mol. The number of hydrogen-bond donors (Lipinski definition) is 0. The molecule has 1 nitrogen and oxygen atoms in total. The summed E-state index contributed by atoms with van der Waals surface area (Å²) in [5.41, 5.74) is 0. The second-order valence-electron chi connectivity index (χ2n) is 3.40. The third kappa shape index (κ3) is 4.58. The molecule has 80 valence electrons. The van der Waals surface area contributed by atoms with Gasteiger partial charge >= 0.3 is 0 Å². The lowest BCUT2D eigenvalue weighted by molar-refractivity contribution is 0.281. The van der Waals surface area contributed by atoms with Crippen LogP contribution < -0.4 is 0 Å². The van der Waals surface area contributed by atoms with Gasteiger partial charge in [-0.1, -0.05) is 35.3 Å².